The van der Waals surface area contributed by atoms with Crippen molar-refractivity contribution in [2.45, 2.75) is 51.0 Å². The molecule has 0 unspecified atom stereocenters. The monoisotopic (exact) mass is 196 g/mol. The van der Waals surface area contributed by atoms with Crippen molar-refractivity contribution in [3.05, 3.63) is 0 Å². The summed E-state index contributed by atoms with van der Waals surface area (Å²) in [5.74, 6) is 1.33. The van der Waals surface area contributed by atoms with E-state index in [2.05, 4.69) is 0 Å². The summed E-state index contributed by atoms with van der Waals surface area (Å²) in [5.41, 5.74) is 0. The predicted molar refractivity (Wildman–Crippen MR) is 55.1 cm³/mol. The number of carbonyl (C=O) groups excluding carboxylic acids is 1. The Hall–Kier alpha value is -0.370. The van der Waals surface area contributed by atoms with Gasteiger partial charge in [-0.1, -0.05) is 12.8 Å². The van der Waals surface area contributed by atoms with E-state index in [1.54, 1.807) is 7.11 Å². The molecule has 2 aliphatic carbocycles. The molecular formula is C12H20O2. The molecule has 0 spiro atoms. The van der Waals surface area contributed by atoms with Crippen molar-refractivity contribution in [2.24, 2.45) is 11.8 Å². The van der Waals surface area contributed by atoms with E-state index >= 15 is 0 Å². The first-order chi connectivity index (χ1) is 6.83. The van der Waals surface area contributed by atoms with Crippen molar-refractivity contribution in [1.29, 1.82) is 0 Å². The summed E-state index contributed by atoms with van der Waals surface area (Å²) in [6, 6.07) is 0. The van der Waals surface area contributed by atoms with Gasteiger partial charge in [0.2, 0.25) is 0 Å². The Bertz CT molecular complexity index is 212. The van der Waals surface area contributed by atoms with Crippen LogP contribution in [-0.4, -0.2) is 19.0 Å². The Morgan fingerprint density at radius 3 is 2.71 bits per heavy atom. The fourth-order valence-corrected chi connectivity index (χ4v) is 3.17. The molecule has 2 rings (SSSR count). The van der Waals surface area contributed by atoms with Gasteiger partial charge in [0.25, 0.3) is 0 Å². The molecule has 2 fully saturated rings. The Balaban J connectivity index is 2.13. The van der Waals surface area contributed by atoms with Crippen LogP contribution in [0, 0.1) is 11.8 Å². The number of Topliss-reactive ketones (excluding diaryl/α,β-unsaturated/α-hetero) is 1. The fraction of sp³-hybridized carbons (Fsp3) is 0.917. The average Bonchev–Trinajstić information content (AvgIpc) is 2.40. The van der Waals surface area contributed by atoms with Crippen LogP contribution in [0.15, 0.2) is 0 Å². The van der Waals surface area contributed by atoms with Crippen LogP contribution < -0.4 is 0 Å². The largest absolute Gasteiger partial charge is 0.381 e. The van der Waals surface area contributed by atoms with E-state index in [0.29, 0.717) is 11.7 Å². The highest BCUT2D eigenvalue weighted by molar-refractivity contribution is 5.82. The number of ether oxygens (including phenoxy) is 1. The SMILES string of the molecule is CO[C@@H]1CCC[C@@H]2CCCCC(=O)[C@@H]21. The Labute approximate surface area is 86.0 Å². The Kier molecular flexibility index (Phi) is 3.22. The maximum atomic E-state index is 11.9. The zero-order valence-corrected chi connectivity index (χ0v) is 9.00. The second-order valence-electron chi connectivity index (χ2n) is 4.70. The number of hydrogen-bond acceptors (Lipinski definition) is 2. The van der Waals surface area contributed by atoms with Crippen LogP contribution in [0.2, 0.25) is 0 Å². The highest BCUT2D eigenvalue weighted by Gasteiger charge is 2.38. The first-order valence-corrected chi connectivity index (χ1v) is 5.88. The molecule has 0 aromatic carbocycles. The summed E-state index contributed by atoms with van der Waals surface area (Å²) >= 11 is 0. The topological polar surface area (TPSA) is 26.3 Å². The third-order valence-corrected chi connectivity index (χ3v) is 3.89. The first-order valence-electron chi connectivity index (χ1n) is 5.88. The number of carbonyl (C=O) groups is 1. The van der Waals surface area contributed by atoms with Gasteiger partial charge in [-0.05, 0) is 31.6 Å². The van der Waals surface area contributed by atoms with Crippen LogP contribution in [0.25, 0.3) is 0 Å². The van der Waals surface area contributed by atoms with E-state index in [4.69, 9.17) is 4.74 Å². The average molecular weight is 196 g/mol. The maximum absolute atomic E-state index is 11.9. The minimum Gasteiger partial charge on any atom is -0.381 e. The second-order valence-corrected chi connectivity index (χ2v) is 4.70. The molecule has 3 atom stereocenters. The number of fused-ring (bicyclic) bond motifs is 1. The summed E-state index contributed by atoms with van der Waals surface area (Å²) in [7, 11) is 1.76. The summed E-state index contributed by atoms with van der Waals surface area (Å²) in [6.07, 6.45) is 8.18. The van der Waals surface area contributed by atoms with Crippen molar-refractivity contribution in [1.82, 2.24) is 0 Å². The van der Waals surface area contributed by atoms with Crippen molar-refractivity contribution in [3.63, 3.8) is 0 Å². The van der Waals surface area contributed by atoms with Crippen LogP contribution in [0.3, 0.4) is 0 Å². The van der Waals surface area contributed by atoms with Gasteiger partial charge in [0, 0.05) is 19.4 Å². The smallest absolute Gasteiger partial charge is 0.138 e. The van der Waals surface area contributed by atoms with Crippen LogP contribution in [0.5, 0.6) is 0 Å². The van der Waals surface area contributed by atoms with Gasteiger partial charge in [-0.25, -0.2) is 0 Å². The van der Waals surface area contributed by atoms with Gasteiger partial charge >= 0.3 is 0 Å². The molecule has 0 radical (unpaired) electrons. The predicted octanol–water partition coefficient (Wildman–Crippen LogP) is 2.56. The molecule has 0 saturated heterocycles. The van der Waals surface area contributed by atoms with Crippen molar-refractivity contribution in [2.75, 3.05) is 7.11 Å². The number of rotatable bonds is 1. The van der Waals surface area contributed by atoms with Crippen molar-refractivity contribution in [3.8, 4) is 0 Å². The zero-order chi connectivity index (χ0) is 9.97. The van der Waals surface area contributed by atoms with Crippen LogP contribution in [0.1, 0.15) is 44.9 Å². The number of ketones is 1. The number of hydrogen-bond donors (Lipinski definition) is 0. The van der Waals surface area contributed by atoms with E-state index in [9.17, 15) is 4.79 Å². The minimum atomic E-state index is 0.222. The van der Waals surface area contributed by atoms with E-state index < -0.39 is 0 Å². The lowest BCUT2D eigenvalue weighted by Gasteiger charge is -2.35. The normalized spacial score (nSPS) is 38.9. The lowest BCUT2D eigenvalue weighted by atomic mass is 9.74. The molecule has 0 amide bonds. The first kappa shape index (κ1) is 10.2. The summed E-state index contributed by atoms with van der Waals surface area (Å²) in [5, 5.41) is 0. The summed E-state index contributed by atoms with van der Waals surface area (Å²) in [4.78, 5) is 11.9. The van der Waals surface area contributed by atoms with E-state index in [1.807, 2.05) is 0 Å². The Morgan fingerprint density at radius 2 is 1.93 bits per heavy atom. The molecule has 0 aromatic heterocycles. The highest BCUT2D eigenvalue weighted by Crippen LogP contribution is 2.38. The van der Waals surface area contributed by atoms with Gasteiger partial charge in [-0.15, -0.1) is 0 Å². The molecule has 2 saturated carbocycles. The van der Waals surface area contributed by atoms with Crippen LogP contribution in [0.4, 0.5) is 0 Å². The van der Waals surface area contributed by atoms with E-state index in [0.717, 1.165) is 19.3 Å². The molecule has 2 nitrogen and oxygen atoms in total. The zero-order valence-electron chi connectivity index (χ0n) is 9.00. The lowest BCUT2D eigenvalue weighted by molar-refractivity contribution is -0.131. The fourth-order valence-electron chi connectivity index (χ4n) is 3.17. The third kappa shape index (κ3) is 1.85. The number of methoxy groups -OCH3 is 1. The van der Waals surface area contributed by atoms with Crippen molar-refractivity contribution < 1.29 is 9.53 Å². The molecule has 2 heteroatoms. The van der Waals surface area contributed by atoms with Gasteiger partial charge in [0.05, 0.1) is 6.10 Å². The molecule has 0 N–H and O–H groups in total. The second kappa shape index (κ2) is 4.43. The quantitative estimate of drug-likeness (QED) is 0.644. The summed E-state index contributed by atoms with van der Waals surface area (Å²) in [6.45, 7) is 0. The van der Waals surface area contributed by atoms with E-state index in [-0.39, 0.29) is 12.0 Å². The van der Waals surface area contributed by atoms with E-state index in [1.165, 1.54) is 25.7 Å². The van der Waals surface area contributed by atoms with Gasteiger partial charge in [0.15, 0.2) is 0 Å². The summed E-state index contributed by atoms with van der Waals surface area (Å²) < 4.78 is 5.47. The van der Waals surface area contributed by atoms with Gasteiger partial charge in [-0.3, -0.25) is 4.79 Å². The minimum absolute atomic E-state index is 0.222. The molecule has 80 valence electrons. The highest BCUT2D eigenvalue weighted by atomic mass is 16.5. The molecule has 0 aromatic rings. The van der Waals surface area contributed by atoms with Gasteiger partial charge in [0.1, 0.15) is 5.78 Å². The standard InChI is InChI=1S/C12H20O2/c1-14-11-8-4-6-9-5-2-3-7-10(13)12(9)11/h9,11-12H,2-8H2,1H3/t9-,11+,12+/m0/s1. The Morgan fingerprint density at radius 1 is 1.14 bits per heavy atom. The molecule has 0 bridgehead atoms. The maximum Gasteiger partial charge on any atom is 0.138 e. The third-order valence-electron chi connectivity index (χ3n) is 3.89. The molecule has 0 heterocycles. The van der Waals surface area contributed by atoms with Gasteiger partial charge < -0.3 is 4.74 Å². The lowest BCUT2D eigenvalue weighted by Crippen LogP contribution is -2.38. The molecular weight excluding hydrogens is 176 g/mol. The van der Waals surface area contributed by atoms with Crippen LogP contribution >= 0.6 is 0 Å². The van der Waals surface area contributed by atoms with Crippen LogP contribution in [-0.2, 0) is 9.53 Å². The molecule has 14 heavy (non-hydrogen) atoms. The van der Waals surface area contributed by atoms with Crippen molar-refractivity contribution >= 4 is 5.78 Å². The molecule has 2 aliphatic rings. The van der Waals surface area contributed by atoms with Gasteiger partial charge in [-0.2, -0.15) is 0 Å². The molecule has 0 aliphatic heterocycles.